The van der Waals surface area contributed by atoms with E-state index in [1.807, 2.05) is 0 Å². The van der Waals surface area contributed by atoms with Crippen molar-refractivity contribution in [2.75, 3.05) is 17.5 Å². The van der Waals surface area contributed by atoms with E-state index in [0.29, 0.717) is 0 Å². The Balaban J connectivity index is 2.54. The number of carbonyl (C=O) groups is 1. The number of hydrogen-bond donors (Lipinski definition) is 0. The van der Waals surface area contributed by atoms with Gasteiger partial charge in [0, 0.05) is 5.02 Å². The highest BCUT2D eigenvalue weighted by atomic mass is 35.5. The summed E-state index contributed by atoms with van der Waals surface area (Å²) in [7, 11) is -4.06. The van der Waals surface area contributed by atoms with Crippen molar-refractivity contribution in [3.8, 4) is 0 Å². The zero-order valence-electron chi connectivity index (χ0n) is 14.3. The van der Waals surface area contributed by atoms with E-state index in [-0.39, 0.29) is 44.4 Å². The van der Waals surface area contributed by atoms with Crippen molar-refractivity contribution < 1.29 is 17.9 Å². The number of ether oxygens (including phenoxy) is 1. The minimum Gasteiger partial charge on any atom is -0.462 e. The second kappa shape index (κ2) is 8.97. The molecule has 0 atom stereocenters. The zero-order valence-corrected chi connectivity index (χ0v) is 17.4. The first-order valence-corrected chi connectivity index (χ1v) is 10.3. The maximum Gasteiger partial charge on any atom is 0.339 e. The lowest BCUT2D eigenvalue weighted by Crippen LogP contribution is -2.31. The van der Waals surface area contributed by atoms with Crippen molar-refractivity contribution in [3.63, 3.8) is 0 Å². The third kappa shape index (κ3) is 4.76. The predicted octanol–water partition coefficient (Wildman–Crippen LogP) is 5.20. The van der Waals surface area contributed by atoms with Crippen molar-refractivity contribution in [2.45, 2.75) is 11.8 Å². The summed E-state index contributed by atoms with van der Waals surface area (Å²) in [6, 6.07) is 8.39. The molecule has 0 unspecified atom stereocenters. The molecule has 0 bridgehead atoms. The molecule has 0 aliphatic heterocycles. The van der Waals surface area contributed by atoms with Crippen LogP contribution in [0.15, 0.2) is 53.9 Å². The standard InChI is InChI=1S/C18H16Cl3NO4S/c1-3-9-22(27(24,25)17-10-12(19)5-8-15(17)20)13-6-7-14(16(21)11-13)18(23)26-4-2/h3,5-8,10-11H,1,4,9H2,2H3. The van der Waals surface area contributed by atoms with Crippen LogP contribution in [0.5, 0.6) is 0 Å². The molecule has 27 heavy (non-hydrogen) atoms. The molecular formula is C18H16Cl3NO4S. The van der Waals surface area contributed by atoms with E-state index in [9.17, 15) is 13.2 Å². The monoisotopic (exact) mass is 447 g/mol. The van der Waals surface area contributed by atoms with Crippen LogP contribution in [0.4, 0.5) is 5.69 Å². The highest BCUT2D eigenvalue weighted by Crippen LogP contribution is 2.32. The van der Waals surface area contributed by atoms with Gasteiger partial charge in [0.25, 0.3) is 10.0 Å². The van der Waals surface area contributed by atoms with Crippen LogP contribution in [0, 0.1) is 0 Å². The Labute approximate surface area is 173 Å². The summed E-state index contributed by atoms with van der Waals surface area (Å²) in [6.45, 7) is 5.42. The Bertz CT molecular complexity index is 977. The van der Waals surface area contributed by atoms with Gasteiger partial charge >= 0.3 is 5.97 Å². The van der Waals surface area contributed by atoms with Crippen molar-refractivity contribution in [1.82, 2.24) is 0 Å². The molecule has 0 heterocycles. The second-order valence-electron chi connectivity index (χ2n) is 5.28. The average molecular weight is 449 g/mol. The summed E-state index contributed by atoms with van der Waals surface area (Å²) in [5, 5.41) is 0.322. The number of esters is 1. The number of carbonyl (C=O) groups excluding carboxylic acids is 1. The molecule has 0 aliphatic rings. The number of anilines is 1. The normalized spacial score (nSPS) is 11.1. The summed E-state index contributed by atoms with van der Waals surface area (Å²) in [5.74, 6) is -0.593. The minimum atomic E-state index is -4.06. The molecule has 0 saturated carbocycles. The molecule has 9 heteroatoms. The number of rotatable bonds is 7. The van der Waals surface area contributed by atoms with Gasteiger partial charge in [0.15, 0.2) is 0 Å². The number of benzene rings is 2. The lowest BCUT2D eigenvalue weighted by atomic mass is 10.2. The summed E-state index contributed by atoms with van der Waals surface area (Å²) in [5.41, 5.74) is 0.378. The van der Waals surface area contributed by atoms with Gasteiger partial charge in [-0.2, -0.15) is 0 Å². The van der Waals surface area contributed by atoms with Crippen molar-refractivity contribution in [2.24, 2.45) is 0 Å². The number of halogens is 3. The first kappa shape index (κ1) is 21.6. The van der Waals surface area contributed by atoms with E-state index in [2.05, 4.69) is 6.58 Å². The summed E-state index contributed by atoms with van der Waals surface area (Å²) >= 11 is 18.2. The lowest BCUT2D eigenvalue weighted by Gasteiger charge is -2.24. The van der Waals surface area contributed by atoms with E-state index >= 15 is 0 Å². The number of hydrogen-bond acceptors (Lipinski definition) is 4. The fraction of sp³-hybridized carbons (Fsp3) is 0.167. The summed E-state index contributed by atoms with van der Waals surface area (Å²) in [4.78, 5) is 11.7. The molecule has 0 aromatic heterocycles. The topological polar surface area (TPSA) is 63.7 Å². The Hall–Kier alpha value is -1.73. The molecule has 2 aromatic carbocycles. The number of sulfonamides is 1. The largest absolute Gasteiger partial charge is 0.462 e. The molecule has 0 fully saturated rings. The van der Waals surface area contributed by atoms with E-state index in [1.165, 1.54) is 42.5 Å². The van der Waals surface area contributed by atoms with Gasteiger partial charge < -0.3 is 4.74 Å². The van der Waals surface area contributed by atoms with Crippen LogP contribution in [0.2, 0.25) is 15.1 Å². The van der Waals surface area contributed by atoms with E-state index < -0.39 is 16.0 Å². The highest BCUT2D eigenvalue weighted by molar-refractivity contribution is 7.93. The quantitative estimate of drug-likeness (QED) is 0.431. The van der Waals surface area contributed by atoms with E-state index in [4.69, 9.17) is 39.5 Å². The Morgan fingerprint density at radius 2 is 1.85 bits per heavy atom. The zero-order chi connectivity index (χ0) is 20.2. The van der Waals surface area contributed by atoms with Crippen molar-refractivity contribution >= 4 is 56.5 Å². The molecule has 0 spiro atoms. The van der Waals surface area contributed by atoms with Gasteiger partial charge in [0.05, 0.1) is 34.4 Å². The van der Waals surface area contributed by atoms with Gasteiger partial charge in [0.1, 0.15) is 4.90 Å². The molecule has 2 aromatic rings. The molecule has 2 rings (SSSR count). The van der Waals surface area contributed by atoms with Gasteiger partial charge in [-0.1, -0.05) is 40.9 Å². The van der Waals surface area contributed by atoms with Crippen LogP contribution < -0.4 is 4.31 Å². The van der Waals surface area contributed by atoms with Crippen LogP contribution in [0.1, 0.15) is 17.3 Å². The molecular weight excluding hydrogens is 433 g/mol. The van der Waals surface area contributed by atoms with Crippen LogP contribution in [0.3, 0.4) is 0 Å². The summed E-state index contributed by atoms with van der Waals surface area (Å²) in [6.07, 6.45) is 1.42. The molecule has 0 saturated heterocycles. The van der Waals surface area contributed by atoms with Gasteiger partial charge in [-0.05, 0) is 43.3 Å². The molecule has 0 radical (unpaired) electrons. The first-order valence-electron chi connectivity index (χ1n) is 7.77. The van der Waals surface area contributed by atoms with E-state index in [0.717, 1.165) is 4.31 Å². The SMILES string of the molecule is C=CCN(c1ccc(C(=O)OCC)c(Cl)c1)S(=O)(=O)c1cc(Cl)ccc1Cl. The fourth-order valence-corrected chi connectivity index (χ4v) is 4.71. The molecule has 0 amide bonds. The molecule has 0 N–H and O–H groups in total. The highest BCUT2D eigenvalue weighted by Gasteiger charge is 2.27. The van der Waals surface area contributed by atoms with Gasteiger partial charge in [-0.15, -0.1) is 6.58 Å². The minimum absolute atomic E-state index is 0.0303. The molecule has 5 nitrogen and oxygen atoms in total. The van der Waals surface area contributed by atoms with Gasteiger partial charge in [-0.3, -0.25) is 4.31 Å². The van der Waals surface area contributed by atoms with Crippen molar-refractivity contribution in [3.05, 3.63) is 69.7 Å². The van der Waals surface area contributed by atoms with Crippen LogP contribution in [0.25, 0.3) is 0 Å². The smallest absolute Gasteiger partial charge is 0.339 e. The van der Waals surface area contributed by atoms with Gasteiger partial charge in [-0.25, -0.2) is 13.2 Å². The van der Waals surface area contributed by atoms with Gasteiger partial charge in [0.2, 0.25) is 0 Å². The van der Waals surface area contributed by atoms with Crippen LogP contribution in [-0.4, -0.2) is 27.5 Å². The fourth-order valence-electron chi connectivity index (χ4n) is 2.29. The Morgan fingerprint density at radius 1 is 1.15 bits per heavy atom. The van der Waals surface area contributed by atoms with E-state index in [1.54, 1.807) is 6.92 Å². The second-order valence-corrected chi connectivity index (χ2v) is 8.37. The van der Waals surface area contributed by atoms with Crippen LogP contribution >= 0.6 is 34.8 Å². The number of nitrogens with zero attached hydrogens (tertiary/aromatic N) is 1. The molecule has 0 aliphatic carbocycles. The van der Waals surface area contributed by atoms with Crippen molar-refractivity contribution in [1.29, 1.82) is 0 Å². The third-order valence-electron chi connectivity index (χ3n) is 3.49. The predicted molar refractivity (Wildman–Crippen MR) is 109 cm³/mol. The summed E-state index contributed by atoms with van der Waals surface area (Å²) < 4.78 is 32.2. The third-order valence-corrected chi connectivity index (χ3v) is 6.32. The maximum absolute atomic E-state index is 13.1. The lowest BCUT2D eigenvalue weighted by molar-refractivity contribution is 0.0526. The Kier molecular flexibility index (Phi) is 7.17. The average Bonchev–Trinajstić information content (AvgIpc) is 2.61. The van der Waals surface area contributed by atoms with Crippen LogP contribution in [-0.2, 0) is 14.8 Å². The maximum atomic E-state index is 13.1. The Morgan fingerprint density at radius 3 is 2.44 bits per heavy atom. The first-order chi connectivity index (χ1) is 12.7. The molecule has 144 valence electrons.